The number of carbonyl (C=O) groups is 1. The molecule has 1 aliphatic rings. The fourth-order valence-electron chi connectivity index (χ4n) is 2.88. The second-order valence-corrected chi connectivity index (χ2v) is 7.31. The van der Waals surface area contributed by atoms with Gasteiger partial charge in [0.1, 0.15) is 5.82 Å². The summed E-state index contributed by atoms with van der Waals surface area (Å²) in [6.45, 7) is 3.72. The number of aryl methyl sites for hydroxylation is 1. The van der Waals surface area contributed by atoms with Crippen LogP contribution in [0.2, 0.25) is 0 Å². The van der Waals surface area contributed by atoms with E-state index >= 15 is 0 Å². The van der Waals surface area contributed by atoms with Gasteiger partial charge in [-0.05, 0) is 78.3 Å². The molecule has 1 heterocycles. The summed E-state index contributed by atoms with van der Waals surface area (Å²) in [7, 11) is 0. The lowest BCUT2D eigenvalue weighted by molar-refractivity contribution is 0.0955. The molecule has 130 valence electrons. The van der Waals surface area contributed by atoms with Crippen LogP contribution in [0.3, 0.4) is 0 Å². The van der Waals surface area contributed by atoms with E-state index in [0.29, 0.717) is 16.8 Å². The summed E-state index contributed by atoms with van der Waals surface area (Å²) in [6, 6.07) is 10.6. The van der Waals surface area contributed by atoms with Gasteiger partial charge in [-0.3, -0.25) is 4.79 Å². The van der Waals surface area contributed by atoms with Crippen molar-refractivity contribution in [1.82, 2.24) is 5.43 Å². The van der Waals surface area contributed by atoms with Crippen molar-refractivity contribution in [3.63, 3.8) is 0 Å². The molecule has 0 aromatic heterocycles. The van der Waals surface area contributed by atoms with Crippen LogP contribution in [0.5, 0.6) is 0 Å². The first-order valence-corrected chi connectivity index (χ1v) is 9.26. The zero-order valence-corrected chi connectivity index (χ0v) is 16.1. The van der Waals surface area contributed by atoms with Gasteiger partial charge in [0.05, 0.1) is 11.9 Å². The molecule has 0 spiro atoms. The highest BCUT2D eigenvalue weighted by atomic mass is 127. The topological polar surface area (TPSA) is 44.7 Å². The normalized spacial score (nSPS) is 14.3. The molecule has 25 heavy (non-hydrogen) atoms. The van der Waals surface area contributed by atoms with E-state index in [1.54, 1.807) is 12.1 Å². The molecule has 1 N–H and O–H groups in total. The van der Waals surface area contributed by atoms with E-state index in [0.717, 1.165) is 35.1 Å². The van der Waals surface area contributed by atoms with Gasteiger partial charge in [-0.15, -0.1) is 0 Å². The van der Waals surface area contributed by atoms with E-state index in [2.05, 4.69) is 38.0 Å². The molecule has 0 saturated carbocycles. The van der Waals surface area contributed by atoms with Gasteiger partial charge in [0.25, 0.3) is 5.91 Å². The third kappa shape index (κ3) is 4.36. The number of anilines is 1. The maximum absolute atomic E-state index is 14.4. The third-order valence-electron chi connectivity index (χ3n) is 4.24. The molecule has 4 nitrogen and oxygen atoms in total. The fraction of sp³-hybridized carbons (Fsp3) is 0.263. The predicted octanol–water partition coefficient (Wildman–Crippen LogP) is 4.10. The Balaban J connectivity index is 1.71. The van der Waals surface area contributed by atoms with Gasteiger partial charge in [0, 0.05) is 27.8 Å². The van der Waals surface area contributed by atoms with Crippen molar-refractivity contribution in [3.05, 3.63) is 62.5 Å². The quantitative estimate of drug-likeness (QED) is 0.432. The minimum atomic E-state index is -0.290. The van der Waals surface area contributed by atoms with Crippen LogP contribution < -0.4 is 10.3 Å². The Kier molecular flexibility index (Phi) is 5.67. The standard InChI is InChI=1S/C19H19FIN3O/c1-13-9-18(24-7-2-3-8-24)17(20)11-15(13)12-22-23-19(25)14-5-4-6-16(21)10-14/h4-6,9-12H,2-3,7-8H2,1H3,(H,23,25). The fourth-order valence-corrected chi connectivity index (χ4v) is 3.42. The molecule has 0 radical (unpaired) electrons. The van der Waals surface area contributed by atoms with Crippen molar-refractivity contribution in [2.75, 3.05) is 18.0 Å². The molecular weight excluding hydrogens is 432 g/mol. The predicted molar refractivity (Wildman–Crippen MR) is 107 cm³/mol. The molecule has 1 aliphatic heterocycles. The van der Waals surface area contributed by atoms with Crippen molar-refractivity contribution < 1.29 is 9.18 Å². The molecule has 0 aliphatic carbocycles. The Morgan fingerprint density at radius 1 is 1.28 bits per heavy atom. The average Bonchev–Trinajstić information content (AvgIpc) is 3.11. The zero-order valence-electron chi connectivity index (χ0n) is 13.9. The molecule has 1 saturated heterocycles. The van der Waals surface area contributed by atoms with E-state index < -0.39 is 0 Å². The minimum Gasteiger partial charge on any atom is -0.369 e. The second kappa shape index (κ2) is 7.95. The zero-order chi connectivity index (χ0) is 17.8. The molecular formula is C19H19FIN3O. The van der Waals surface area contributed by atoms with Crippen LogP contribution in [0.15, 0.2) is 41.5 Å². The number of benzene rings is 2. The maximum atomic E-state index is 14.4. The number of carbonyl (C=O) groups excluding carboxylic acids is 1. The number of hydrogen-bond donors (Lipinski definition) is 1. The monoisotopic (exact) mass is 451 g/mol. The molecule has 1 fully saturated rings. The first kappa shape index (κ1) is 17.8. The van der Waals surface area contributed by atoms with E-state index in [-0.39, 0.29) is 11.7 Å². The van der Waals surface area contributed by atoms with Crippen LogP contribution in [0.1, 0.15) is 34.3 Å². The number of hydrazone groups is 1. The number of halogens is 2. The molecule has 2 aromatic rings. The van der Waals surface area contributed by atoms with Crippen molar-refractivity contribution >= 4 is 40.4 Å². The van der Waals surface area contributed by atoms with Gasteiger partial charge in [-0.25, -0.2) is 9.82 Å². The lowest BCUT2D eigenvalue weighted by atomic mass is 10.1. The molecule has 0 bridgehead atoms. The Bertz CT molecular complexity index is 816. The lowest BCUT2D eigenvalue weighted by Gasteiger charge is -2.19. The van der Waals surface area contributed by atoms with Crippen LogP contribution >= 0.6 is 22.6 Å². The SMILES string of the molecule is Cc1cc(N2CCCC2)c(F)cc1C=NNC(=O)c1cccc(I)c1. The van der Waals surface area contributed by atoms with Gasteiger partial charge in [0.2, 0.25) is 0 Å². The highest BCUT2D eigenvalue weighted by molar-refractivity contribution is 14.1. The summed E-state index contributed by atoms with van der Waals surface area (Å²) in [5, 5.41) is 3.97. The maximum Gasteiger partial charge on any atom is 0.271 e. The van der Waals surface area contributed by atoms with Gasteiger partial charge >= 0.3 is 0 Å². The van der Waals surface area contributed by atoms with Crippen LogP contribution in [0.25, 0.3) is 0 Å². The Labute approximate surface area is 160 Å². The number of nitrogens with one attached hydrogen (secondary N) is 1. The molecule has 1 amide bonds. The van der Waals surface area contributed by atoms with E-state index in [4.69, 9.17) is 0 Å². The van der Waals surface area contributed by atoms with Crippen molar-refractivity contribution in [1.29, 1.82) is 0 Å². The summed E-state index contributed by atoms with van der Waals surface area (Å²) in [6.07, 6.45) is 3.69. The first-order chi connectivity index (χ1) is 12.0. The van der Waals surface area contributed by atoms with Crippen molar-refractivity contribution in [3.8, 4) is 0 Å². The molecule has 0 unspecified atom stereocenters. The largest absolute Gasteiger partial charge is 0.369 e. The number of hydrogen-bond acceptors (Lipinski definition) is 3. The molecule has 2 aromatic carbocycles. The van der Waals surface area contributed by atoms with Gasteiger partial charge in [-0.1, -0.05) is 6.07 Å². The summed E-state index contributed by atoms with van der Waals surface area (Å²) in [4.78, 5) is 14.1. The smallest absolute Gasteiger partial charge is 0.271 e. The summed E-state index contributed by atoms with van der Waals surface area (Å²) in [5.74, 6) is -0.542. The van der Waals surface area contributed by atoms with Crippen LogP contribution in [0, 0.1) is 16.3 Å². The summed E-state index contributed by atoms with van der Waals surface area (Å²) < 4.78 is 15.4. The van der Waals surface area contributed by atoms with Crippen LogP contribution in [-0.4, -0.2) is 25.2 Å². The van der Waals surface area contributed by atoms with Gasteiger partial charge in [-0.2, -0.15) is 5.10 Å². The molecule has 3 rings (SSSR count). The van der Waals surface area contributed by atoms with Gasteiger partial charge in [0.15, 0.2) is 0 Å². The van der Waals surface area contributed by atoms with E-state index in [1.807, 2.05) is 25.1 Å². The van der Waals surface area contributed by atoms with Crippen molar-refractivity contribution in [2.24, 2.45) is 5.10 Å². The molecule has 6 heteroatoms. The first-order valence-electron chi connectivity index (χ1n) is 8.18. The second-order valence-electron chi connectivity index (χ2n) is 6.06. The lowest BCUT2D eigenvalue weighted by Crippen LogP contribution is -2.19. The Morgan fingerprint density at radius 3 is 2.76 bits per heavy atom. The van der Waals surface area contributed by atoms with E-state index in [9.17, 15) is 9.18 Å². The highest BCUT2D eigenvalue weighted by Crippen LogP contribution is 2.26. The Morgan fingerprint density at radius 2 is 2.04 bits per heavy atom. The number of rotatable bonds is 4. The number of amides is 1. The molecule has 0 atom stereocenters. The van der Waals surface area contributed by atoms with Crippen LogP contribution in [0.4, 0.5) is 10.1 Å². The highest BCUT2D eigenvalue weighted by Gasteiger charge is 2.17. The van der Waals surface area contributed by atoms with E-state index in [1.165, 1.54) is 12.3 Å². The number of nitrogens with zero attached hydrogens (tertiary/aromatic N) is 2. The summed E-state index contributed by atoms with van der Waals surface area (Å²) >= 11 is 2.15. The minimum absolute atomic E-state index is 0.252. The van der Waals surface area contributed by atoms with Crippen molar-refractivity contribution in [2.45, 2.75) is 19.8 Å². The average molecular weight is 451 g/mol. The Hall–Kier alpha value is -1.96. The third-order valence-corrected chi connectivity index (χ3v) is 4.91. The summed E-state index contributed by atoms with van der Waals surface area (Å²) in [5.41, 5.74) is 5.25. The van der Waals surface area contributed by atoms with Crippen LogP contribution in [-0.2, 0) is 0 Å². The van der Waals surface area contributed by atoms with Gasteiger partial charge < -0.3 is 4.90 Å².